The summed E-state index contributed by atoms with van der Waals surface area (Å²) >= 11 is 10.9. The Morgan fingerprint density at radius 1 is 0.643 bits per heavy atom. The van der Waals surface area contributed by atoms with Gasteiger partial charge in [0, 0.05) is 36.2 Å². The average Bonchev–Trinajstić information content (AvgIpc) is 2.91. The van der Waals surface area contributed by atoms with Gasteiger partial charge in [-0.25, -0.2) is 0 Å². The predicted octanol–water partition coefficient (Wildman–Crippen LogP) is 12.7. The van der Waals surface area contributed by atoms with Crippen LogP contribution in [0.25, 0.3) is 0 Å². The molecule has 0 aromatic carbocycles. The fourth-order valence-corrected chi connectivity index (χ4v) is 8.01. The lowest BCUT2D eigenvalue weighted by Crippen LogP contribution is -2.21. The van der Waals surface area contributed by atoms with E-state index in [0.29, 0.717) is 11.5 Å². The van der Waals surface area contributed by atoms with Gasteiger partial charge in [0.05, 0.1) is 0 Å². The second-order valence-corrected chi connectivity index (χ2v) is 26.8. The molecule has 8 heteroatoms. The molecule has 0 N–H and O–H groups in total. The minimum absolute atomic E-state index is 0. The summed E-state index contributed by atoms with van der Waals surface area (Å²) in [5.74, 6) is 2.10. The maximum atomic E-state index is 11.6. The fourth-order valence-electron chi connectivity index (χ4n) is 3.88. The third kappa shape index (κ3) is 56.5. The SMILES string of the molecule is CCCCCCCC(=O)Cl.CCCCCCCC(=O)SCCC[Si](C)(C)C.CCN(CC)CC.C[Si](C)(C)CCCS.[2HH]. The van der Waals surface area contributed by atoms with Crippen LogP contribution in [0.15, 0.2) is 0 Å². The molecular weight excluding hydrogens is 610 g/mol. The van der Waals surface area contributed by atoms with Crippen LogP contribution in [0.1, 0.15) is 126 Å². The van der Waals surface area contributed by atoms with Crippen molar-refractivity contribution < 1.29 is 11.0 Å². The number of nitrogens with zero attached hydrogens (tertiary/aromatic N) is 1. The van der Waals surface area contributed by atoms with Crippen molar-refractivity contribution in [2.24, 2.45) is 0 Å². The molecule has 0 atom stereocenters. The molecule has 0 radical (unpaired) electrons. The second kappa shape index (κ2) is 36.2. The second-order valence-electron chi connectivity index (χ2n) is 13.6. The fraction of sp³-hybridized carbons (Fsp3) is 0.941. The van der Waals surface area contributed by atoms with Gasteiger partial charge in [-0.3, -0.25) is 9.59 Å². The molecule has 0 saturated heterocycles. The lowest BCUT2D eigenvalue weighted by Gasteiger charge is -2.14. The number of hydrogen-bond donors (Lipinski definition) is 1. The van der Waals surface area contributed by atoms with Gasteiger partial charge in [-0.05, 0) is 62.7 Å². The first-order valence-electron chi connectivity index (χ1n) is 17.3. The van der Waals surface area contributed by atoms with Gasteiger partial charge in [-0.2, -0.15) is 12.6 Å². The molecule has 258 valence electrons. The molecule has 0 saturated carbocycles. The van der Waals surface area contributed by atoms with Crippen molar-refractivity contribution in [2.75, 3.05) is 31.1 Å². The molecule has 0 aliphatic heterocycles. The van der Waals surface area contributed by atoms with Crippen molar-refractivity contribution in [1.29, 1.82) is 0 Å². The molecule has 0 aliphatic rings. The molecule has 0 unspecified atom stereocenters. The highest BCUT2D eigenvalue weighted by Crippen LogP contribution is 2.17. The Balaban J connectivity index is -0.000000159. The largest absolute Gasteiger partial charge is 0.304 e. The Morgan fingerprint density at radius 2 is 1.05 bits per heavy atom. The van der Waals surface area contributed by atoms with Gasteiger partial charge in [0.2, 0.25) is 5.24 Å². The number of carbonyl (C=O) groups excluding carboxylic acids is 2. The van der Waals surface area contributed by atoms with E-state index in [0.717, 1.165) is 37.2 Å². The monoisotopic (exact) mass is 688 g/mol. The van der Waals surface area contributed by atoms with E-state index in [2.05, 4.69) is 91.4 Å². The van der Waals surface area contributed by atoms with Gasteiger partial charge in [0.1, 0.15) is 0 Å². The number of thioether (sulfide) groups is 1. The number of hydrogen-bond acceptors (Lipinski definition) is 5. The van der Waals surface area contributed by atoms with E-state index in [9.17, 15) is 9.59 Å². The van der Waals surface area contributed by atoms with Crippen molar-refractivity contribution in [3.05, 3.63) is 0 Å². The van der Waals surface area contributed by atoms with Crippen LogP contribution in [0.2, 0.25) is 51.4 Å². The molecule has 0 aliphatic carbocycles. The summed E-state index contributed by atoms with van der Waals surface area (Å²) < 4.78 is 0. The van der Waals surface area contributed by atoms with Crippen LogP contribution in [0.4, 0.5) is 0 Å². The third-order valence-corrected chi connectivity index (χ3v) is 12.0. The summed E-state index contributed by atoms with van der Waals surface area (Å²) in [4.78, 5) is 24.2. The molecule has 0 aromatic rings. The van der Waals surface area contributed by atoms with Crippen LogP contribution in [0.3, 0.4) is 0 Å². The normalized spacial score (nSPS) is 11.1. The number of halogens is 1. The molecule has 0 rings (SSSR count). The Kier molecular flexibility index (Phi) is 42.7. The van der Waals surface area contributed by atoms with Crippen molar-refractivity contribution in [2.45, 2.75) is 176 Å². The quantitative estimate of drug-likeness (QED) is 0.0531. The highest BCUT2D eigenvalue weighted by Gasteiger charge is 2.12. The number of unbranched alkanes of at least 4 members (excludes halogenated alkanes) is 8. The van der Waals surface area contributed by atoms with Gasteiger partial charge >= 0.3 is 0 Å². The molecule has 0 fully saturated rings. The molecule has 0 heterocycles. The number of thiol groups is 1. The zero-order valence-electron chi connectivity index (χ0n) is 30.3. The maximum Gasteiger partial charge on any atom is 0.221 e. The first-order valence-corrected chi connectivity index (χ1v) is 26.7. The van der Waals surface area contributed by atoms with Crippen LogP contribution in [0, 0.1) is 0 Å². The molecule has 42 heavy (non-hydrogen) atoms. The Hall–Kier alpha value is 0.724. The van der Waals surface area contributed by atoms with Gasteiger partial charge in [-0.1, -0.05) is 149 Å². The molecule has 0 bridgehead atoms. The van der Waals surface area contributed by atoms with Crippen molar-refractivity contribution in [1.82, 2.24) is 4.90 Å². The zero-order valence-corrected chi connectivity index (χ0v) is 34.8. The highest BCUT2D eigenvalue weighted by molar-refractivity contribution is 8.13. The van der Waals surface area contributed by atoms with E-state index < -0.39 is 16.1 Å². The van der Waals surface area contributed by atoms with Crippen LogP contribution in [0.5, 0.6) is 0 Å². The van der Waals surface area contributed by atoms with Gasteiger partial charge in [-0.15, -0.1) is 0 Å². The van der Waals surface area contributed by atoms with Gasteiger partial charge in [0.25, 0.3) is 0 Å². The van der Waals surface area contributed by atoms with Crippen molar-refractivity contribution in [3.63, 3.8) is 0 Å². The van der Waals surface area contributed by atoms with Crippen LogP contribution in [-0.2, 0) is 9.59 Å². The lowest BCUT2D eigenvalue weighted by atomic mass is 10.1. The number of carbonyl (C=O) groups is 2. The van der Waals surface area contributed by atoms with E-state index in [1.165, 1.54) is 89.5 Å². The maximum absolute atomic E-state index is 11.6. The smallest absolute Gasteiger partial charge is 0.221 e. The third-order valence-electron chi connectivity index (χ3n) is 6.72. The molecule has 0 spiro atoms. The van der Waals surface area contributed by atoms with Crippen molar-refractivity contribution >= 4 is 62.5 Å². The Morgan fingerprint density at radius 3 is 1.36 bits per heavy atom. The summed E-state index contributed by atoms with van der Waals surface area (Å²) in [5, 5.41) is 0.216. The standard InChI is InChI=1S/C14H30OSSi.C8H15ClO.C6H15N.C6H16SSi.H2/c1-5-6-7-8-9-11-14(15)16-12-10-13-17(2,3)4;1-2-3-4-5-6-7-8(9)10;1-4-7(5-2)6-3;1-8(2,3)6-4-5-7;/h5-13H2,1-4H3;2-7H2,1H3;4-6H2,1-3H3;7H,4-6H2,1-3H3;1H/i;;;;1+1. The topological polar surface area (TPSA) is 37.4 Å². The summed E-state index contributed by atoms with van der Waals surface area (Å²) in [7, 11) is -1.62. The average molecular weight is 690 g/mol. The molecule has 3 nitrogen and oxygen atoms in total. The molecule has 0 aromatic heterocycles. The summed E-state index contributed by atoms with van der Waals surface area (Å²) in [6, 6.07) is 2.78. The summed E-state index contributed by atoms with van der Waals surface area (Å²) in [6.45, 7) is 28.9. The minimum atomic E-state index is -0.894. The first-order chi connectivity index (χ1) is 19.6. The van der Waals surface area contributed by atoms with Gasteiger partial charge < -0.3 is 4.90 Å². The van der Waals surface area contributed by atoms with E-state index in [-0.39, 0.29) is 6.67 Å². The molecular formula is C34H78ClNO2S2Si2. The van der Waals surface area contributed by atoms with E-state index in [1.807, 2.05) is 0 Å². The predicted molar refractivity (Wildman–Crippen MR) is 210 cm³/mol. The molecule has 0 amide bonds. The van der Waals surface area contributed by atoms with Crippen LogP contribution < -0.4 is 0 Å². The highest BCUT2D eigenvalue weighted by atomic mass is 35.5. The lowest BCUT2D eigenvalue weighted by molar-refractivity contribution is -0.112. The van der Waals surface area contributed by atoms with Crippen molar-refractivity contribution in [3.8, 4) is 0 Å². The zero-order chi connectivity index (χ0) is 33.3. The Bertz CT molecular complexity index is 568. The minimum Gasteiger partial charge on any atom is -0.304 e. The van der Waals surface area contributed by atoms with Crippen LogP contribution in [-0.4, -0.2) is 62.5 Å². The summed E-state index contributed by atoms with van der Waals surface area (Å²) in [6.07, 6.45) is 15.9. The summed E-state index contributed by atoms with van der Waals surface area (Å²) in [5.41, 5.74) is 0. The van der Waals surface area contributed by atoms with E-state index >= 15 is 0 Å². The van der Waals surface area contributed by atoms with Gasteiger partial charge in [0.15, 0.2) is 5.12 Å². The van der Waals surface area contributed by atoms with E-state index in [4.69, 9.17) is 11.6 Å². The number of rotatable bonds is 22. The Labute approximate surface area is 284 Å². The van der Waals surface area contributed by atoms with E-state index in [1.54, 1.807) is 11.8 Å². The van der Waals surface area contributed by atoms with Crippen LogP contribution >= 0.6 is 36.0 Å². The first kappa shape index (κ1) is 49.6.